The third-order valence-electron chi connectivity index (χ3n) is 5.02. The summed E-state index contributed by atoms with van der Waals surface area (Å²) in [4.78, 5) is 54.0. The van der Waals surface area contributed by atoms with Gasteiger partial charge in [-0.3, -0.25) is 23.9 Å². The number of nitrogens with zero attached hydrogens (tertiary/aromatic N) is 3. The lowest BCUT2D eigenvalue weighted by Gasteiger charge is -2.27. The van der Waals surface area contributed by atoms with Gasteiger partial charge in [-0.2, -0.15) is 0 Å². The molecule has 3 rings (SSSR count). The van der Waals surface area contributed by atoms with Gasteiger partial charge in [-0.25, -0.2) is 4.79 Å². The number of aliphatic hydroxyl groups excluding tert-OH is 1. The number of β-amino-alcohol motifs (C(OH)–C–C–N with tert-alkyl or cyclic N) is 1. The van der Waals surface area contributed by atoms with Crippen LogP contribution in [0.4, 0.5) is 0 Å². The van der Waals surface area contributed by atoms with Gasteiger partial charge >= 0.3 is 5.69 Å². The van der Waals surface area contributed by atoms with E-state index in [0.29, 0.717) is 10.9 Å². The molecule has 1 fully saturated rings. The van der Waals surface area contributed by atoms with E-state index in [9.17, 15) is 24.3 Å². The molecule has 2 N–H and O–H groups in total. The SMILES string of the molecule is C=CCC(=O)N1C[C@@H](O)[C@H](N(C)C(=O)Cn2c(=O)[nH]c(=O)c3ccccc32)C1. The van der Waals surface area contributed by atoms with Crippen LogP contribution in [0.3, 0.4) is 0 Å². The van der Waals surface area contributed by atoms with Crippen molar-refractivity contribution >= 4 is 22.7 Å². The Balaban J connectivity index is 1.81. The number of hydrogen-bond acceptors (Lipinski definition) is 5. The molecule has 2 aromatic rings. The van der Waals surface area contributed by atoms with Gasteiger partial charge in [-0.05, 0) is 12.1 Å². The second kappa shape index (κ2) is 7.81. The zero-order valence-electron chi connectivity index (χ0n) is 15.5. The lowest BCUT2D eigenvalue weighted by molar-refractivity contribution is -0.134. The minimum Gasteiger partial charge on any atom is -0.389 e. The molecule has 0 unspecified atom stereocenters. The number of carbonyl (C=O) groups excluding carboxylic acids is 2. The first-order chi connectivity index (χ1) is 13.3. The molecule has 2 atom stereocenters. The molecular weight excluding hydrogens is 364 g/mol. The van der Waals surface area contributed by atoms with Gasteiger partial charge < -0.3 is 14.9 Å². The number of rotatable bonds is 5. The Labute approximate surface area is 160 Å². The average Bonchev–Trinajstić information content (AvgIpc) is 3.06. The van der Waals surface area contributed by atoms with E-state index in [1.807, 2.05) is 0 Å². The van der Waals surface area contributed by atoms with E-state index in [-0.39, 0.29) is 32.0 Å². The first-order valence-electron chi connectivity index (χ1n) is 8.87. The fourth-order valence-corrected chi connectivity index (χ4v) is 3.44. The molecule has 0 radical (unpaired) electrons. The van der Waals surface area contributed by atoms with Gasteiger partial charge in [0.2, 0.25) is 11.8 Å². The Morgan fingerprint density at radius 2 is 2.04 bits per heavy atom. The summed E-state index contributed by atoms with van der Waals surface area (Å²) in [7, 11) is 1.52. The number of nitrogens with one attached hydrogen (secondary N) is 1. The molecule has 2 amide bonds. The van der Waals surface area contributed by atoms with E-state index < -0.39 is 29.3 Å². The summed E-state index contributed by atoms with van der Waals surface area (Å²) < 4.78 is 1.19. The molecule has 1 saturated heterocycles. The summed E-state index contributed by atoms with van der Waals surface area (Å²) in [5.41, 5.74) is -0.840. The molecule has 0 aliphatic carbocycles. The van der Waals surface area contributed by atoms with E-state index in [4.69, 9.17) is 0 Å². The standard InChI is InChI=1S/C19H22N4O5/c1-3-6-16(25)22-9-14(15(24)10-22)21(2)17(26)11-23-13-8-5-4-7-12(13)18(27)20-19(23)28/h3-5,7-8,14-15,24H,1,6,9-11H2,2H3,(H,20,27,28)/t14-,15-/m1/s1. The van der Waals surface area contributed by atoms with Crippen molar-refractivity contribution in [2.75, 3.05) is 20.1 Å². The minimum absolute atomic E-state index is 0.135. The molecule has 1 aromatic carbocycles. The number of aliphatic hydroxyl groups is 1. The van der Waals surface area contributed by atoms with Gasteiger partial charge in [0, 0.05) is 26.6 Å². The number of amides is 2. The third-order valence-corrected chi connectivity index (χ3v) is 5.02. The average molecular weight is 386 g/mol. The lowest BCUT2D eigenvalue weighted by Crippen LogP contribution is -2.47. The third kappa shape index (κ3) is 3.61. The number of aromatic nitrogens is 2. The van der Waals surface area contributed by atoms with E-state index in [2.05, 4.69) is 11.6 Å². The second-order valence-corrected chi connectivity index (χ2v) is 6.79. The normalized spacial score (nSPS) is 19.0. The molecule has 0 bridgehead atoms. The molecule has 0 spiro atoms. The monoisotopic (exact) mass is 386 g/mol. The number of carbonyl (C=O) groups is 2. The van der Waals surface area contributed by atoms with Crippen LogP contribution >= 0.6 is 0 Å². The van der Waals surface area contributed by atoms with Crippen LogP contribution in [0.15, 0.2) is 46.5 Å². The van der Waals surface area contributed by atoms with E-state index in [1.165, 1.54) is 27.5 Å². The van der Waals surface area contributed by atoms with Gasteiger partial charge in [-0.1, -0.05) is 18.2 Å². The van der Waals surface area contributed by atoms with Crippen LogP contribution < -0.4 is 11.2 Å². The number of aromatic amines is 1. The largest absolute Gasteiger partial charge is 0.389 e. The van der Waals surface area contributed by atoms with Crippen molar-refractivity contribution in [3.8, 4) is 0 Å². The van der Waals surface area contributed by atoms with Crippen molar-refractivity contribution in [1.82, 2.24) is 19.4 Å². The summed E-state index contributed by atoms with van der Waals surface area (Å²) in [6.07, 6.45) is 0.771. The summed E-state index contributed by atoms with van der Waals surface area (Å²) in [5.74, 6) is -0.582. The van der Waals surface area contributed by atoms with Gasteiger partial charge in [0.05, 0.1) is 23.0 Å². The van der Waals surface area contributed by atoms with Crippen LogP contribution in [0, 0.1) is 0 Å². The van der Waals surface area contributed by atoms with Crippen molar-refractivity contribution < 1.29 is 14.7 Å². The molecule has 9 heteroatoms. The number of para-hydroxylation sites is 1. The molecular formula is C19H22N4O5. The molecule has 28 heavy (non-hydrogen) atoms. The lowest BCUT2D eigenvalue weighted by atomic mass is 10.2. The molecule has 1 aliphatic heterocycles. The van der Waals surface area contributed by atoms with Crippen LogP contribution in [0.2, 0.25) is 0 Å². The molecule has 148 valence electrons. The van der Waals surface area contributed by atoms with Crippen LogP contribution in [-0.4, -0.2) is 68.6 Å². The Kier molecular flexibility index (Phi) is 5.46. The maximum Gasteiger partial charge on any atom is 0.329 e. The number of hydrogen-bond donors (Lipinski definition) is 2. The van der Waals surface area contributed by atoms with E-state index in [1.54, 1.807) is 24.3 Å². The fourth-order valence-electron chi connectivity index (χ4n) is 3.44. The van der Waals surface area contributed by atoms with E-state index >= 15 is 0 Å². The van der Waals surface area contributed by atoms with Crippen LogP contribution in [-0.2, 0) is 16.1 Å². The number of fused-ring (bicyclic) bond motifs is 1. The number of likely N-dealkylation sites (tertiary alicyclic amines) is 1. The Morgan fingerprint density at radius 1 is 1.32 bits per heavy atom. The fraction of sp³-hybridized carbons (Fsp3) is 0.368. The first kappa shape index (κ1) is 19.6. The van der Waals surface area contributed by atoms with Crippen LogP contribution in [0.1, 0.15) is 6.42 Å². The van der Waals surface area contributed by atoms with Crippen molar-refractivity contribution in [2.45, 2.75) is 25.1 Å². The zero-order valence-corrected chi connectivity index (χ0v) is 15.5. The van der Waals surface area contributed by atoms with E-state index in [0.717, 1.165) is 0 Å². The summed E-state index contributed by atoms with van der Waals surface area (Å²) >= 11 is 0. The summed E-state index contributed by atoms with van der Waals surface area (Å²) in [6, 6.07) is 5.94. The number of likely N-dealkylation sites (N-methyl/N-ethyl adjacent to an activating group) is 1. The highest BCUT2D eigenvalue weighted by molar-refractivity contribution is 5.82. The predicted molar refractivity (Wildman–Crippen MR) is 103 cm³/mol. The van der Waals surface area contributed by atoms with Crippen molar-refractivity contribution in [3.63, 3.8) is 0 Å². The summed E-state index contributed by atoms with van der Waals surface area (Å²) in [6.45, 7) is 3.57. The quantitative estimate of drug-likeness (QED) is 0.659. The number of H-pyrrole nitrogens is 1. The van der Waals surface area contributed by atoms with Crippen LogP contribution in [0.5, 0.6) is 0 Å². The van der Waals surface area contributed by atoms with Crippen molar-refractivity contribution in [2.24, 2.45) is 0 Å². The highest BCUT2D eigenvalue weighted by Gasteiger charge is 2.37. The molecule has 0 saturated carbocycles. The molecule has 1 aromatic heterocycles. The van der Waals surface area contributed by atoms with Gasteiger partial charge in [0.1, 0.15) is 6.54 Å². The molecule has 9 nitrogen and oxygen atoms in total. The number of benzene rings is 1. The van der Waals surface area contributed by atoms with Gasteiger partial charge in [-0.15, -0.1) is 6.58 Å². The maximum atomic E-state index is 12.8. The molecule has 2 heterocycles. The Bertz CT molecular complexity index is 1040. The molecule has 1 aliphatic rings. The van der Waals surface area contributed by atoms with Gasteiger partial charge in [0.25, 0.3) is 5.56 Å². The smallest absolute Gasteiger partial charge is 0.329 e. The van der Waals surface area contributed by atoms with Crippen molar-refractivity contribution in [3.05, 3.63) is 57.8 Å². The topological polar surface area (TPSA) is 116 Å². The maximum absolute atomic E-state index is 12.8. The van der Waals surface area contributed by atoms with Gasteiger partial charge in [0.15, 0.2) is 0 Å². The Hall–Kier alpha value is -3.20. The van der Waals surface area contributed by atoms with Crippen molar-refractivity contribution in [1.29, 1.82) is 0 Å². The Morgan fingerprint density at radius 3 is 2.75 bits per heavy atom. The second-order valence-electron chi connectivity index (χ2n) is 6.79. The highest BCUT2D eigenvalue weighted by atomic mass is 16.3. The zero-order chi connectivity index (χ0) is 20.4. The predicted octanol–water partition coefficient (Wildman–Crippen LogP) is -0.704. The first-order valence-corrected chi connectivity index (χ1v) is 8.87. The van der Waals surface area contributed by atoms with Crippen LogP contribution in [0.25, 0.3) is 10.9 Å². The minimum atomic E-state index is -0.883. The summed E-state index contributed by atoms with van der Waals surface area (Å²) in [5, 5.41) is 10.6. The highest BCUT2D eigenvalue weighted by Crippen LogP contribution is 2.17.